The van der Waals surface area contributed by atoms with Crippen molar-refractivity contribution in [2.75, 3.05) is 5.32 Å². The number of benzene rings is 2. The van der Waals surface area contributed by atoms with Gasteiger partial charge in [-0.3, -0.25) is 9.78 Å². The second kappa shape index (κ2) is 6.50. The smallest absolute Gasteiger partial charge is 0.262 e. The molecule has 0 saturated heterocycles. The molecule has 0 radical (unpaired) electrons. The van der Waals surface area contributed by atoms with Crippen LogP contribution in [0.5, 0.6) is 0 Å². The highest BCUT2D eigenvalue weighted by molar-refractivity contribution is 6.03. The Labute approximate surface area is 156 Å². The van der Waals surface area contributed by atoms with E-state index in [0.717, 1.165) is 34.7 Å². The average Bonchev–Trinajstić information content (AvgIpc) is 3.20. The number of fused-ring (bicyclic) bond motifs is 2. The lowest BCUT2D eigenvalue weighted by Gasteiger charge is -2.13. The zero-order chi connectivity index (χ0) is 18.2. The van der Waals surface area contributed by atoms with E-state index in [4.69, 9.17) is 0 Å². The lowest BCUT2D eigenvalue weighted by atomic mass is 9.97. The summed E-state index contributed by atoms with van der Waals surface area (Å²) in [6, 6.07) is 16.6. The molecule has 0 spiro atoms. The molecule has 5 nitrogen and oxygen atoms in total. The van der Waals surface area contributed by atoms with Crippen molar-refractivity contribution in [3.8, 4) is 11.1 Å². The largest absolute Gasteiger partial charge is 0.353 e. The molecule has 5 heteroatoms. The lowest BCUT2D eigenvalue weighted by Crippen LogP contribution is -2.20. The van der Waals surface area contributed by atoms with Gasteiger partial charge in [0.2, 0.25) is 5.95 Å². The number of hydrogen-bond acceptors (Lipinski definition) is 4. The van der Waals surface area contributed by atoms with Gasteiger partial charge in [-0.2, -0.15) is 4.98 Å². The molecule has 1 aliphatic carbocycles. The molecule has 0 atom stereocenters. The fourth-order valence-corrected chi connectivity index (χ4v) is 4.08. The molecule has 2 aromatic carbocycles. The van der Waals surface area contributed by atoms with Gasteiger partial charge in [-0.05, 0) is 35.2 Å². The molecule has 2 heterocycles. The third-order valence-electron chi connectivity index (χ3n) is 5.38. The maximum absolute atomic E-state index is 12.9. The van der Waals surface area contributed by atoms with Gasteiger partial charge >= 0.3 is 0 Å². The van der Waals surface area contributed by atoms with Crippen LogP contribution >= 0.6 is 0 Å². The molecule has 5 rings (SSSR count). The van der Waals surface area contributed by atoms with Crippen LogP contribution in [-0.4, -0.2) is 21.0 Å². The maximum atomic E-state index is 12.9. The van der Waals surface area contributed by atoms with E-state index in [-0.39, 0.29) is 5.56 Å². The molecule has 4 aromatic rings. The molecule has 0 amide bonds. The van der Waals surface area contributed by atoms with Crippen molar-refractivity contribution in [1.82, 2.24) is 15.0 Å². The lowest BCUT2D eigenvalue weighted by molar-refractivity contribution is 0.744. The van der Waals surface area contributed by atoms with Crippen molar-refractivity contribution >= 4 is 27.8 Å². The second-order valence-electron chi connectivity index (χ2n) is 7.12. The maximum Gasteiger partial charge on any atom is 0.262 e. The van der Waals surface area contributed by atoms with E-state index in [0.29, 0.717) is 23.0 Å². The highest BCUT2D eigenvalue weighted by Gasteiger charge is 2.17. The minimum Gasteiger partial charge on any atom is -0.353 e. The first kappa shape index (κ1) is 16.0. The second-order valence-corrected chi connectivity index (χ2v) is 7.12. The summed E-state index contributed by atoms with van der Waals surface area (Å²) in [6.07, 6.45) is 6.40. The zero-order valence-electron chi connectivity index (χ0n) is 14.9. The molecule has 2 aromatic heterocycles. The van der Waals surface area contributed by atoms with Crippen molar-refractivity contribution in [3.05, 3.63) is 65.1 Å². The monoisotopic (exact) mass is 356 g/mol. The van der Waals surface area contributed by atoms with Gasteiger partial charge in [-0.25, -0.2) is 4.98 Å². The number of rotatable bonds is 3. The number of anilines is 1. The Balaban J connectivity index is 1.68. The molecule has 0 bridgehead atoms. The van der Waals surface area contributed by atoms with Crippen LogP contribution in [0.4, 0.5) is 5.95 Å². The van der Waals surface area contributed by atoms with Crippen LogP contribution in [0.15, 0.2) is 59.5 Å². The van der Waals surface area contributed by atoms with Gasteiger partial charge in [0.05, 0.1) is 5.39 Å². The van der Waals surface area contributed by atoms with Crippen molar-refractivity contribution in [2.24, 2.45) is 0 Å². The number of aromatic amines is 1. The van der Waals surface area contributed by atoms with Crippen LogP contribution < -0.4 is 10.9 Å². The normalized spacial score (nSPS) is 14.8. The van der Waals surface area contributed by atoms with Gasteiger partial charge in [-0.15, -0.1) is 0 Å². The van der Waals surface area contributed by atoms with E-state index >= 15 is 0 Å². The summed E-state index contributed by atoms with van der Waals surface area (Å²) >= 11 is 0. The predicted octanol–water partition coefficient (Wildman–Crippen LogP) is 4.49. The van der Waals surface area contributed by atoms with Crippen LogP contribution in [-0.2, 0) is 0 Å². The summed E-state index contributed by atoms with van der Waals surface area (Å²) in [4.78, 5) is 24.8. The molecule has 0 unspecified atom stereocenters. The molecule has 1 aliphatic rings. The van der Waals surface area contributed by atoms with E-state index in [9.17, 15) is 4.79 Å². The van der Waals surface area contributed by atoms with Crippen molar-refractivity contribution in [2.45, 2.75) is 31.7 Å². The molecule has 1 fully saturated rings. The number of nitrogens with zero attached hydrogens (tertiary/aromatic N) is 2. The molecule has 134 valence electrons. The Kier molecular flexibility index (Phi) is 3.85. The van der Waals surface area contributed by atoms with Crippen LogP contribution in [0.25, 0.3) is 32.9 Å². The van der Waals surface area contributed by atoms with Gasteiger partial charge in [0.1, 0.15) is 0 Å². The Hall–Kier alpha value is -3.21. The van der Waals surface area contributed by atoms with E-state index in [1.807, 2.05) is 30.3 Å². The minimum atomic E-state index is -0.156. The highest BCUT2D eigenvalue weighted by Crippen LogP contribution is 2.31. The molecular weight excluding hydrogens is 336 g/mol. The van der Waals surface area contributed by atoms with E-state index < -0.39 is 0 Å². The zero-order valence-corrected chi connectivity index (χ0v) is 14.9. The Bertz CT molecular complexity index is 1190. The number of nitrogens with one attached hydrogen (secondary N) is 2. The number of aromatic nitrogens is 3. The number of H-pyrrole nitrogens is 1. The summed E-state index contributed by atoms with van der Waals surface area (Å²) in [5, 5.41) is 6.14. The Morgan fingerprint density at radius 1 is 0.963 bits per heavy atom. The van der Waals surface area contributed by atoms with Crippen LogP contribution in [0.3, 0.4) is 0 Å². The summed E-state index contributed by atoms with van der Waals surface area (Å²) < 4.78 is 0. The fraction of sp³-hybridized carbons (Fsp3) is 0.227. The van der Waals surface area contributed by atoms with Crippen LogP contribution in [0, 0.1) is 0 Å². The third kappa shape index (κ3) is 2.85. The molecule has 1 saturated carbocycles. The van der Waals surface area contributed by atoms with Crippen LogP contribution in [0.2, 0.25) is 0 Å². The molecule has 2 N–H and O–H groups in total. The SMILES string of the molecule is O=c1[nH]c(NC2CCCC2)nc2nccc(-c3cccc4ccccc34)c12. The summed E-state index contributed by atoms with van der Waals surface area (Å²) in [7, 11) is 0. The Morgan fingerprint density at radius 2 is 1.78 bits per heavy atom. The van der Waals surface area contributed by atoms with E-state index in [1.54, 1.807) is 6.20 Å². The average molecular weight is 356 g/mol. The fourth-order valence-electron chi connectivity index (χ4n) is 4.08. The Morgan fingerprint density at radius 3 is 2.67 bits per heavy atom. The predicted molar refractivity (Wildman–Crippen MR) is 109 cm³/mol. The molecule has 0 aliphatic heterocycles. The summed E-state index contributed by atoms with van der Waals surface area (Å²) in [5.74, 6) is 0.516. The van der Waals surface area contributed by atoms with Crippen molar-refractivity contribution in [3.63, 3.8) is 0 Å². The summed E-state index contributed by atoms with van der Waals surface area (Å²) in [6.45, 7) is 0. The van der Waals surface area contributed by atoms with E-state index in [1.165, 1.54) is 12.8 Å². The van der Waals surface area contributed by atoms with Crippen molar-refractivity contribution < 1.29 is 0 Å². The molecular formula is C22H20N4O. The highest BCUT2D eigenvalue weighted by atomic mass is 16.1. The van der Waals surface area contributed by atoms with Crippen LogP contribution in [0.1, 0.15) is 25.7 Å². The van der Waals surface area contributed by atoms with Gasteiger partial charge in [0.15, 0.2) is 5.65 Å². The van der Waals surface area contributed by atoms with Gasteiger partial charge < -0.3 is 5.32 Å². The van der Waals surface area contributed by atoms with Crippen molar-refractivity contribution in [1.29, 1.82) is 0 Å². The molecule has 27 heavy (non-hydrogen) atoms. The third-order valence-corrected chi connectivity index (χ3v) is 5.38. The van der Waals surface area contributed by atoms with E-state index in [2.05, 4.69) is 38.5 Å². The van der Waals surface area contributed by atoms with Gasteiger partial charge in [0.25, 0.3) is 5.56 Å². The number of hydrogen-bond donors (Lipinski definition) is 2. The van der Waals surface area contributed by atoms with Gasteiger partial charge in [-0.1, -0.05) is 55.3 Å². The topological polar surface area (TPSA) is 70.7 Å². The first-order valence-corrected chi connectivity index (χ1v) is 9.43. The minimum absolute atomic E-state index is 0.156. The van der Waals surface area contributed by atoms with Gasteiger partial charge in [0, 0.05) is 17.8 Å². The number of pyridine rings is 1. The standard InChI is InChI=1S/C22H20N4O/c27-21-19-18(17-11-5-7-14-6-1-4-10-16(14)17)12-13-23-20(19)25-22(26-21)24-15-8-2-3-9-15/h1,4-7,10-13,15H,2-3,8-9H2,(H2,23,24,25,26,27). The summed E-state index contributed by atoms with van der Waals surface area (Å²) in [5.41, 5.74) is 2.20. The quantitative estimate of drug-likeness (QED) is 0.567. The first-order chi connectivity index (χ1) is 13.3. The first-order valence-electron chi connectivity index (χ1n) is 9.43.